The number of aromatic nitrogens is 4. The monoisotopic (exact) mass is 260 g/mol. The van der Waals surface area contributed by atoms with Crippen LogP contribution in [0.1, 0.15) is 32.8 Å². The normalized spacial score (nSPS) is 11.8. The molecule has 2 rings (SSSR count). The van der Waals surface area contributed by atoms with Gasteiger partial charge in [0.2, 0.25) is 0 Å². The Hall–Kier alpha value is -1.75. The molecule has 102 valence electrons. The van der Waals surface area contributed by atoms with Crippen LogP contribution in [0.3, 0.4) is 0 Å². The number of aliphatic hydroxyl groups excluding tert-OH is 1. The standard InChI is InChI=1S/C14H20N4O/c1-14(2,3)12-7-5-11(6-8-12)13-15-16-17-18(13)9-4-10-19/h5-8,19H,4,9-10H2,1-3H3. The molecule has 5 nitrogen and oxygen atoms in total. The van der Waals surface area contributed by atoms with Crippen LogP contribution in [0, 0.1) is 0 Å². The molecule has 0 fully saturated rings. The van der Waals surface area contributed by atoms with E-state index in [1.165, 1.54) is 5.56 Å². The van der Waals surface area contributed by atoms with E-state index in [9.17, 15) is 0 Å². The maximum Gasteiger partial charge on any atom is 0.182 e. The molecule has 1 aromatic carbocycles. The first kappa shape index (κ1) is 13.7. The Morgan fingerprint density at radius 2 is 1.84 bits per heavy atom. The third-order valence-electron chi connectivity index (χ3n) is 3.07. The van der Waals surface area contributed by atoms with E-state index in [-0.39, 0.29) is 12.0 Å². The summed E-state index contributed by atoms with van der Waals surface area (Å²) in [4.78, 5) is 0. The van der Waals surface area contributed by atoms with Gasteiger partial charge in [-0.1, -0.05) is 45.0 Å². The molecular weight excluding hydrogens is 240 g/mol. The van der Waals surface area contributed by atoms with E-state index in [4.69, 9.17) is 5.11 Å². The molecule has 0 saturated carbocycles. The number of tetrazole rings is 1. The minimum atomic E-state index is 0.140. The van der Waals surface area contributed by atoms with Crippen molar-refractivity contribution in [1.29, 1.82) is 0 Å². The molecule has 0 aliphatic rings. The fourth-order valence-corrected chi connectivity index (χ4v) is 1.90. The van der Waals surface area contributed by atoms with Crippen LogP contribution in [-0.4, -0.2) is 31.9 Å². The molecule has 19 heavy (non-hydrogen) atoms. The average Bonchev–Trinajstić information content (AvgIpc) is 2.83. The van der Waals surface area contributed by atoms with E-state index < -0.39 is 0 Å². The van der Waals surface area contributed by atoms with Gasteiger partial charge in [0.25, 0.3) is 0 Å². The molecule has 0 aliphatic heterocycles. The summed E-state index contributed by atoms with van der Waals surface area (Å²) in [7, 11) is 0. The lowest BCUT2D eigenvalue weighted by atomic mass is 9.87. The van der Waals surface area contributed by atoms with Crippen molar-refractivity contribution < 1.29 is 5.11 Å². The van der Waals surface area contributed by atoms with Crippen LogP contribution in [0.5, 0.6) is 0 Å². The highest BCUT2D eigenvalue weighted by atomic mass is 16.3. The van der Waals surface area contributed by atoms with Crippen LogP contribution in [0.15, 0.2) is 24.3 Å². The van der Waals surface area contributed by atoms with Gasteiger partial charge < -0.3 is 5.11 Å². The minimum absolute atomic E-state index is 0.140. The predicted molar refractivity (Wildman–Crippen MR) is 73.7 cm³/mol. The fourth-order valence-electron chi connectivity index (χ4n) is 1.90. The number of nitrogens with zero attached hydrogens (tertiary/aromatic N) is 4. The van der Waals surface area contributed by atoms with E-state index in [1.807, 2.05) is 12.1 Å². The fraction of sp³-hybridized carbons (Fsp3) is 0.500. The highest BCUT2D eigenvalue weighted by Crippen LogP contribution is 2.25. The van der Waals surface area contributed by atoms with Crippen LogP contribution >= 0.6 is 0 Å². The molecule has 1 N–H and O–H groups in total. The highest BCUT2D eigenvalue weighted by molar-refractivity contribution is 5.55. The first-order chi connectivity index (χ1) is 9.02. The van der Waals surface area contributed by atoms with Gasteiger partial charge >= 0.3 is 0 Å². The topological polar surface area (TPSA) is 63.8 Å². The summed E-state index contributed by atoms with van der Waals surface area (Å²) >= 11 is 0. The zero-order valence-electron chi connectivity index (χ0n) is 11.7. The molecule has 0 spiro atoms. The summed E-state index contributed by atoms with van der Waals surface area (Å²) < 4.78 is 1.72. The lowest BCUT2D eigenvalue weighted by molar-refractivity contribution is 0.276. The SMILES string of the molecule is CC(C)(C)c1ccc(-c2nnnn2CCCO)cc1. The Morgan fingerprint density at radius 1 is 1.16 bits per heavy atom. The smallest absolute Gasteiger partial charge is 0.182 e. The Bertz CT molecular complexity index is 525. The number of rotatable bonds is 4. The van der Waals surface area contributed by atoms with E-state index in [0.717, 1.165) is 11.4 Å². The first-order valence-electron chi connectivity index (χ1n) is 6.50. The lowest BCUT2D eigenvalue weighted by Gasteiger charge is -2.19. The molecule has 0 unspecified atom stereocenters. The van der Waals surface area contributed by atoms with Crippen LogP contribution in [0.4, 0.5) is 0 Å². The maximum atomic E-state index is 8.87. The van der Waals surface area contributed by atoms with Gasteiger partial charge in [-0.15, -0.1) is 5.10 Å². The molecule has 5 heteroatoms. The Kier molecular flexibility index (Phi) is 3.95. The second-order valence-electron chi connectivity index (χ2n) is 5.63. The second kappa shape index (κ2) is 5.48. The van der Waals surface area contributed by atoms with Gasteiger partial charge in [0.1, 0.15) is 0 Å². The van der Waals surface area contributed by atoms with Gasteiger partial charge in [0, 0.05) is 18.7 Å². The van der Waals surface area contributed by atoms with Gasteiger partial charge in [0.15, 0.2) is 5.82 Å². The molecule has 1 aromatic heterocycles. The van der Waals surface area contributed by atoms with Crippen molar-refractivity contribution in [3.63, 3.8) is 0 Å². The largest absolute Gasteiger partial charge is 0.396 e. The average molecular weight is 260 g/mol. The highest BCUT2D eigenvalue weighted by Gasteiger charge is 2.14. The number of hydrogen-bond donors (Lipinski definition) is 1. The van der Waals surface area contributed by atoms with Gasteiger partial charge in [-0.05, 0) is 27.8 Å². The number of aryl methyl sites for hydroxylation is 1. The van der Waals surface area contributed by atoms with E-state index in [1.54, 1.807) is 4.68 Å². The summed E-state index contributed by atoms with van der Waals surface area (Å²) in [5.74, 6) is 0.744. The van der Waals surface area contributed by atoms with Gasteiger partial charge in [-0.3, -0.25) is 0 Å². The quantitative estimate of drug-likeness (QED) is 0.913. The Morgan fingerprint density at radius 3 is 2.42 bits per heavy atom. The summed E-state index contributed by atoms with van der Waals surface area (Å²) in [5.41, 5.74) is 2.42. The summed E-state index contributed by atoms with van der Waals surface area (Å²) in [6.45, 7) is 7.33. The molecule has 0 radical (unpaired) electrons. The van der Waals surface area contributed by atoms with Gasteiger partial charge in [0.05, 0.1) is 0 Å². The zero-order valence-corrected chi connectivity index (χ0v) is 11.7. The number of hydrogen-bond acceptors (Lipinski definition) is 4. The van der Waals surface area contributed by atoms with Crippen molar-refractivity contribution in [2.45, 2.75) is 39.2 Å². The van der Waals surface area contributed by atoms with Crippen molar-refractivity contribution in [2.75, 3.05) is 6.61 Å². The van der Waals surface area contributed by atoms with Crippen molar-refractivity contribution in [1.82, 2.24) is 20.2 Å². The first-order valence-corrected chi connectivity index (χ1v) is 6.50. The van der Waals surface area contributed by atoms with E-state index in [2.05, 4.69) is 48.4 Å². The maximum absolute atomic E-state index is 8.87. The summed E-state index contributed by atoms with van der Waals surface area (Å²) in [6, 6.07) is 8.31. The molecule has 2 aromatic rings. The summed E-state index contributed by atoms with van der Waals surface area (Å²) in [5, 5.41) is 20.6. The summed E-state index contributed by atoms with van der Waals surface area (Å²) in [6.07, 6.45) is 0.651. The predicted octanol–water partition coefficient (Wildman–Crippen LogP) is 2.02. The van der Waals surface area contributed by atoms with Crippen LogP contribution in [-0.2, 0) is 12.0 Å². The Labute approximate surface area is 113 Å². The molecule has 0 bridgehead atoms. The van der Waals surface area contributed by atoms with Crippen LogP contribution in [0.2, 0.25) is 0 Å². The molecule has 0 atom stereocenters. The lowest BCUT2D eigenvalue weighted by Crippen LogP contribution is -2.10. The molecule has 0 saturated heterocycles. The zero-order chi connectivity index (χ0) is 13.9. The third kappa shape index (κ3) is 3.17. The van der Waals surface area contributed by atoms with Crippen LogP contribution in [0.25, 0.3) is 11.4 Å². The van der Waals surface area contributed by atoms with Gasteiger partial charge in [-0.2, -0.15) is 0 Å². The van der Waals surface area contributed by atoms with Gasteiger partial charge in [-0.25, -0.2) is 4.68 Å². The van der Waals surface area contributed by atoms with E-state index >= 15 is 0 Å². The number of benzene rings is 1. The molecule has 1 heterocycles. The van der Waals surface area contributed by atoms with Crippen molar-refractivity contribution in [3.8, 4) is 11.4 Å². The van der Waals surface area contributed by atoms with E-state index in [0.29, 0.717) is 13.0 Å². The molecule has 0 aliphatic carbocycles. The van der Waals surface area contributed by atoms with Crippen molar-refractivity contribution >= 4 is 0 Å². The third-order valence-corrected chi connectivity index (χ3v) is 3.07. The second-order valence-corrected chi connectivity index (χ2v) is 5.63. The van der Waals surface area contributed by atoms with Crippen molar-refractivity contribution in [3.05, 3.63) is 29.8 Å². The number of aliphatic hydroxyl groups is 1. The minimum Gasteiger partial charge on any atom is -0.396 e. The Balaban J connectivity index is 2.25. The van der Waals surface area contributed by atoms with Crippen LogP contribution < -0.4 is 0 Å². The van der Waals surface area contributed by atoms with Crippen molar-refractivity contribution in [2.24, 2.45) is 0 Å². The molecular formula is C14H20N4O. The molecule has 0 amide bonds.